The summed E-state index contributed by atoms with van der Waals surface area (Å²) in [7, 11) is 1.67. The summed E-state index contributed by atoms with van der Waals surface area (Å²) in [6, 6.07) is 6.49. The number of nitrogens with zero attached hydrogens (tertiary/aromatic N) is 6. The molecule has 0 N–H and O–H groups in total. The molecule has 0 unspecified atom stereocenters. The van der Waals surface area contributed by atoms with Crippen molar-refractivity contribution in [2.75, 3.05) is 12.4 Å². The topological polar surface area (TPSA) is 87.2 Å². The molecule has 3 heterocycles. The standard InChI is InChI=1S/C18H15F3N6O2S/c1-3-29-16(28)13-9-30-17-23-22-15(27(17)25-13)12-8-14(26(2)24-12)10-4-6-11(7-5-10)18(19,20)21/h4-8H,3,9H2,1-2H3. The van der Waals surface area contributed by atoms with Gasteiger partial charge in [-0.3, -0.25) is 4.68 Å². The largest absolute Gasteiger partial charge is 0.461 e. The van der Waals surface area contributed by atoms with Crippen LogP contribution in [-0.4, -0.2) is 48.7 Å². The first kappa shape index (κ1) is 20.1. The third-order valence-corrected chi connectivity index (χ3v) is 5.23. The molecular weight excluding hydrogens is 421 g/mol. The monoisotopic (exact) mass is 436 g/mol. The Labute approximate surface area is 172 Å². The fourth-order valence-corrected chi connectivity index (χ4v) is 3.67. The van der Waals surface area contributed by atoms with Gasteiger partial charge in [0, 0.05) is 7.05 Å². The Kier molecular flexibility index (Phi) is 5.10. The number of alkyl halides is 3. The van der Waals surface area contributed by atoms with E-state index in [0.29, 0.717) is 33.7 Å². The van der Waals surface area contributed by atoms with E-state index in [2.05, 4.69) is 20.4 Å². The predicted octanol–water partition coefficient (Wildman–Crippen LogP) is 3.24. The lowest BCUT2D eigenvalue weighted by molar-refractivity contribution is -0.137. The van der Waals surface area contributed by atoms with E-state index in [4.69, 9.17) is 4.74 Å². The lowest BCUT2D eigenvalue weighted by Crippen LogP contribution is -2.24. The summed E-state index contributed by atoms with van der Waals surface area (Å²) >= 11 is 1.29. The fraction of sp³-hybridized carbons (Fsp3) is 0.278. The predicted molar refractivity (Wildman–Crippen MR) is 103 cm³/mol. The zero-order valence-corrected chi connectivity index (χ0v) is 16.7. The average Bonchev–Trinajstić information content (AvgIpc) is 3.30. The molecule has 0 spiro atoms. The molecule has 0 radical (unpaired) electrons. The van der Waals surface area contributed by atoms with Crippen molar-refractivity contribution < 1.29 is 22.7 Å². The first-order chi connectivity index (χ1) is 14.3. The summed E-state index contributed by atoms with van der Waals surface area (Å²) in [6.07, 6.45) is -4.40. The summed E-state index contributed by atoms with van der Waals surface area (Å²) in [5, 5.41) is 17.4. The van der Waals surface area contributed by atoms with Crippen LogP contribution in [-0.2, 0) is 22.8 Å². The molecule has 1 aromatic carbocycles. The maximum absolute atomic E-state index is 12.8. The number of hydrogen-bond donors (Lipinski definition) is 0. The summed E-state index contributed by atoms with van der Waals surface area (Å²) < 4.78 is 46.4. The molecule has 4 rings (SSSR count). The maximum atomic E-state index is 12.8. The maximum Gasteiger partial charge on any atom is 0.416 e. The third-order valence-electron chi connectivity index (χ3n) is 4.30. The SMILES string of the molecule is CCOC(=O)C1=Nn2c(nnc2-c2cc(-c3ccc(C(F)(F)F)cc3)n(C)n2)SC1. The molecule has 0 atom stereocenters. The normalized spacial score (nSPS) is 13.7. The highest BCUT2D eigenvalue weighted by molar-refractivity contribution is 8.00. The van der Waals surface area contributed by atoms with Crippen molar-refractivity contribution >= 4 is 23.4 Å². The molecule has 12 heteroatoms. The second-order valence-corrected chi connectivity index (χ2v) is 7.23. The van der Waals surface area contributed by atoms with Gasteiger partial charge in [0.05, 0.1) is 23.6 Å². The van der Waals surface area contributed by atoms with Gasteiger partial charge < -0.3 is 4.74 Å². The molecule has 1 aliphatic heterocycles. The summed E-state index contributed by atoms with van der Waals surface area (Å²) in [6.45, 7) is 1.95. The number of esters is 1. The van der Waals surface area contributed by atoms with Crippen LogP contribution in [0.5, 0.6) is 0 Å². The number of aryl methyl sites for hydroxylation is 1. The average molecular weight is 436 g/mol. The van der Waals surface area contributed by atoms with E-state index in [1.165, 1.54) is 33.3 Å². The number of fused-ring (bicyclic) bond motifs is 1. The molecule has 0 fully saturated rings. The smallest absolute Gasteiger partial charge is 0.416 e. The summed E-state index contributed by atoms with van der Waals surface area (Å²) in [5.41, 5.74) is 1.08. The van der Waals surface area contributed by atoms with Crippen LogP contribution in [0.3, 0.4) is 0 Å². The van der Waals surface area contributed by atoms with Crippen molar-refractivity contribution in [1.29, 1.82) is 0 Å². The van der Waals surface area contributed by atoms with Gasteiger partial charge >= 0.3 is 12.1 Å². The molecule has 0 saturated heterocycles. The lowest BCUT2D eigenvalue weighted by atomic mass is 10.1. The van der Waals surface area contributed by atoms with E-state index < -0.39 is 17.7 Å². The Morgan fingerprint density at radius 2 is 1.97 bits per heavy atom. The number of hydrogen-bond acceptors (Lipinski definition) is 7. The molecule has 30 heavy (non-hydrogen) atoms. The van der Waals surface area contributed by atoms with Gasteiger partial charge in [0.15, 0.2) is 5.71 Å². The van der Waals surface area contributed by atoms with Crippen molar-refractivity contribution in [3.8, 4) is 22.8 Å². The van der Waals surface area contributed by atoms with Gasteiger partial charge in [0.2, 0.25) is 11.0 Å². The number of benzene rings is 1. The van der Waals surface area contributed by atoms with E-state index in [9.17, 15) is 18.0 Å². The number of ether oxygens (including phenoxy) is 1. The zero-order valence-electron chi connectivity index (χ0n) is 15.8. The van der Waals surface area contributed by atoms with Crippen LogP contribution in [0.4, 0.5) is 13.2 Å². The van der Waals surface area contributed by atoms with E-state index in [-0.39, 0.29) is 12.3 Å². The molecule has 0 aliphatic carbocycles. The van der Waals surface area contributed by atoms with Crippen molar-refractivity contribution in [1.82, 2.24) is 24.7 Å². The van der Waals surface area contributed by atoms with Gasteiger partial charge in [-0.25, -0.2) is 4.79 Å². The van der Waals surface area contributed by atoms with E-state index in [0.717, 1.165) is 12.1 Å². The molecule has 0 amide bonds. The lowest BCUT2D eigenvalue weighted by Gasteiger charge is -2.11. The molecule has 156 valence electrons. The number of carbonyl (C=O) groups excluding carboxylic acids is 1. The minimum absolute atomic E-state index is 0.231. The van der Waals surface area contributed by atoms with E-state index >= 15 is 0 Å². The Morgan fingerprint density at radius 3 is 2.63 bits per heavy atom. The Balaban J connectivity index is 1.69. The molecule has 3 aromatic rings. The number of aromatic nitrogens is 5. The molecule has 8 nitrogen and oxygen atoms in total. The Bertz CT molecular complexity index is 1130. The Hall–Kier alpha value is -3.15. The van der Waals surface area contributed by atoms with E-state index in [1.807, 2.05) is 0 Å². The second kappa shape index (κ2) is 7.59. The first-order valence-electron chi connectivity index (χ1n) is 8.83. The number of rotatable bonds is 4. The summed E-state index contributed by atoms with van der Waals surface area (Å²) in [5.74, 6) is 0.116. The minimum Gasteiger partial charge on any atom is -0.461 e. The highest BCUT2D eigenvalue weighted by Crippen LogP contribution is 2.32. The van der Waals surface area contributed by atoms with Gasteiger partial charge in [-0.05, 0) is 30.7 Å². The molecule has 1 aliphatic rings. The van der Waals surface area contributed by atoms with Gasteiger partial charge in [-0.2, -0.15) is 28.0 Å². The van der Waals surface area contributed by atoms with Crippen molar-refractivity contribution in [3.63, 3.8) is 0 Å². The van der Waals surface area contributed by atoms with E-state index in [1.54, 1.807) is 20.0 Å². The second-order valence-electron chi connectivity index (χ2n) is 6.29. The van der Waals surface area contributed by atoms with Crippen molar-refractivity contribution in [2.24, 2.45) is 12.1 Å². The minimum atomic E-state index is -4.40. The Morgan fingerprint density at radius 1 is 1.23 bits per heavy atom. The van der Waals surface area contributed by atoms with Crippen molar-refractivity contribution in [3.05, 3.63) is 35.9 Å². The zero-order chi connectivity index (χ0) is 21.5. The van der Waals surface area contributed by atoms with Crippen LogP contribution in [0.2, 0.25) is 0 Å². The van der Waals surface area contributed by atoms with Crippen LogP contribution in [0, 0.1) is 0 Å². The molecule has 2 aromatic heterocycles. The van der Waals surface area contributed by atoms with Crippen LogP contribution in [0.1, 0.15) is 12.5 Å². The molecular formula is C18H15F3N6O2S. The van der Waals surface area contributed by atoms with Gasteiger partial charge in [0.1, 0.15) is 5.69 Å². The molecule has 0 bridgehead atoms. The van der Waals surface area contributed by atoms with Gasteiger partial charge in [-0.15, -0.1) is 10.2 Å². The first-order valence-corrected chi connectivity index (χ1v) is 9.81. The highest BCUT2D eigenvalue weighted by Gasteiger charge is 2.30. The van der Waals surface area contributed by atoms with Crippen molar-refractivity contribution in [2.45, 2.75) is 18.3 Å². The van der Waals surface area contributed by atoms with Crippen LogP contribution < -0.4 is 0 Å². The number of carbonyl (C=O) groups is 1. The third kappa shape index (κ3) is 3.70. The number of halogens is 3. The van der Waals surface area contributed by atoms with Crippen LogP contribution in [0.25, 0.3) is 22.8 Å². The fourth-order valence-electron chi connectivity index (χ4n) is 2.88. The molecule has 0 saturated carbocycles. The number of thioether (sulfide) groups is 1. The quantitative estimate of drug-likeness (QED) is 0.584. The van der Waals surface area contributed by atoms with Crippen LogP contribution in [0.15, 0.2) is 40.6 Å². The van der Waals surface area contributed by atoms with Gasteiger partial charge in [-0.1, -0.05) is 23.9 Å². The van der Waals surface area contributed by atoms with Gasteiger partial charge in [0.25, 0.3) is 0 Å². The van der Waals surface area contributed by atoms with Crippen LogP contribution >= 0.6 is 11.8 Å². The summed E-state index contributed by atoms with van der Waals surface area (Å²) in [4.78, 5) is 12.0. The highest BCUT2D eigenvalue weighted by atomic mass is 32.2.